The number of piperidine rings is 1. The summed E-state index contributed by atoms with van der Waals surface area (Å²) >= 11 is 0. The zero-order chi connectivity index (χ0) is 21.1. The minimum Gasteiger partial charge on any atom is -0.352 e. The van der Waals surface area contributed by atoms with Crippen molar-refractivity contribution in [1.29, 1.82) is 0 Å². The highest BCUT2D eigenvalue weighted by Gasteiger charge is 2.32. The molecule has 2 saturated heterocycles. The summed E-state index contributed by atoms with van der Waals surface area (Å²) in [6, 6.07) is 7.70. The van der Waals surface area contributed by atoms with Gasteiger partial charge >= 0.3 is 0 Å². The van der Waals surface area contributed by atoms with Crippen molar-refractivity contribution >= 4 is 21.7 Å². The van der Waals surface area contributed by atoms with Crippen LogP contribution in [-0.4, -0.2) is 84.2 Å². The molecule has 0 atom stereocenters. The van der Waals surface area contributed by atoms with E-state index in [1.807, 2.05) is 29.2 Å². The number of aromatic nitrogens is 3. The first-order chi connectivity index (χ1) is 14.4. The van der Waals surface area contributed by atoms with Gasteiger partial charge in [0.05, 0.1) is 11.9 Å². The van der Waals surface area contributed by atoms with E-state index < -0.39 is 10.0 Å². The van der Waals surface area contributed by atoms with Crippen molar-refractivity contribution in [3.8, 4) is 11.3 Å². The smallest absolute Gasteiger partial charge is 0.225 e. The molecule has 0 unspecified atom stereocenters. The molecular formula is C20H26N6O3S. The quantitative estimate of drug-likeness (QED) is 0.709. The Morgan fingerprint density at radius 1 is 0.933 bits per heavy atom. The normalized spacial score (nSPS) is 19.1. The number of nitrogens with zero attached hydrogens (tertiary/aromatic N) is 6. The average Bonchev–Trinajstić information content (AvgIpc) is 2.79. The van der Waals surface area contributed by atoms with Gasteiger partial charge in [-0.15, -0.1) is 10.2 Å². The first-order valence-electron chi connectivity index (χ1n) is 10.1. The van der Waals surface area contributed by atoms with E-state index in [1.54, 1.807) is 12.4 Å². The van der Waals surface area contributed by atoms with Crippen LogP contribution in [0.3, 0.4) is 0 Å². The Bertz CT molecular complexity index is 967. The highest BCUT2D eigenvalue weighted by Crippen LogP contribution is 2.23. The molecule has 2 aliphatic heterocycles. The molecule has 2 fully saturated rings. The van der Waals surface area contributed by atoms with Crippen LogP contribution in [0.2, 0.25) is 0 Å². The molecule has 0 radical (unpaired) electrons. The Kier molecular flexibility index (Phi) is 5.96. The summed E-state index contributed by atoms with van der Waals surface area (Å²) in [7, 11) is -3.17. The summed E-state index contributed by atoms with van der Waals surface area (Å²) in [5.74, 6) is 0.859. The van der Waals surface area contributed by atoms with Crippen molar-refractivity contribution in [3.63, 3.8) is 0 Å². The predicted octanol–water partition coefficient (Wildman–Crippen LogP) is 0.859. The summed E-state index contributed by atoms with van der Waals surface area (Å²) in [6.07, 6.45) is 5.86. The van der Waals surface area contributed by atoms with Crippen LogP contribution in [-0.2, 0) is 14.8 Å². The van der Waals surface area contributed by atoms with E-state index in [9.17, 15) is 13.2 Å². The largest absolute Gasteiger partial charge is 0.352 e. The van der Waals surface area contributed by atoms with Gasteiger partial charge in [0, 0.05) is 63.1 Å². The molecule has 10 heteroatoms. The predicted molar refractivity (Wildman–Crippen MR) is 113 cm³/mol. The first kappa shape index (κ1) is 20.7. The minimum atomic E-state index is -3.17. The van der Waals surface area contributed by atoms with Crippen LogP contribution in [0.15, 0.2) is 36.7 Å². The Labute approximate surface area is 176 Å². The van der Waals surface area contributed by atoms with Crippen LogP contribution in [0.5, 0.6) is 0 Å². The molecule has 4 rings (SSSR count). The fourth-order valence-electron chi connectivity index (χ4n) is 4.02. The molecule has 9 nitrogen and oxygen atoms in total. The third-order valence-corrected chi connectivity index (χ3v) is 7.12. The van der Waals surface area contributed by atoms with Gasteiger partial charge < -0.3 is 9.80 Å². The zero-order valence-electron chi connectivity index (χ0n) is 17.0. The van der Waals surface area contributed by atoms with Gasteiger partial charge in [-0.05, 0) is 37.1 Å². The lowest BCUT2D eigenvalue weighted by Crippen LogP contribution is -2.52. The third-order valence-electron chi connectivity index (χ3n) is 5.81. The summed E-state index contributed by atoms with van der Waals surface area (Å²) < 4.78 is 24.8. The Morgan fingerprint density at radius 3 is 2.17 bits per heavy atom. The van der Waals surface area contributed by atoms with Crippen LogP contribution in [0.4, 0.5) is 5.82 Å². The topological polar surface area (TPSA) is 99.6 Å². The number of anilines is 1. The summed E-state index contributed by atoms with van der Waals surface area (Å²) in [6.45, 7) is 3.54. The van der Waals surface area contributed by atoms with Gasteiger partial charge in [-0.2, -0.15) is 0 Å². The third kappa shape index (κ3) is 4.59. The Hall–Kier alpha value is -2.59. The van der Waals surface area contributed by atoms with Gasteiger partial charge in [0.15, 0.2) is 5.82 Å². The van der Waals surface area contributed by atoms with Crippen molar-refractivity contribution < 1.29 is 13.2 Å². The maximum absolute atomic E-state index is 12.9. The number of piperazine rings is 1. The SMILES string of the molecule is CS(=O)(=O)N1CCC(C(=O)N2CCN(c3ccc(-c4ccncc4)nn3)CC2)CC1. The Balaban J connectivity index is 1.30. The molecule has 0 N–H and O–H groups in total. The highest BCUT2D eigenvalue weighted by atomic mass is 32.2. The number of rotatable bonds is 4. The molecule has 1 amide bonds. The molecule has 30 heavy (non-hydrogen) atoms. The molecule has 0 spiro atoms. The molecular weight excluding hydrogens is 404 g/mol. The van der Waals surface area contributed by atoms with Gasteiger partial charge in [-0.25, -0.2) is 12.7 Å². The molecule has 0 aliphatic carbocycles. The molecule has 0 saturated carbocycles. The van der Waals surface area contributed by atoms with Crippen molar-refractivity contribution in [2.24, 2.45) is 5.92 Å². The Morgan fingerprint density at radius 2 is 1.60 bits per heavy atom. The van der Waals surface area contributed by atoms with E-state index in [2.05, 4.69) is 20.1 Å². The second-order valence-corrected chi connectivity index (χ2v) is 9.74. The molecule has 2 aliphatic rings. The number of pyridine rings is 1. The van der Waals surface area contributed by atoms with E-state index in [0.29, 0.717) is 52.1 Å². The van der Waals surface area contributed by atoms with Gasteiger partial charge in [0.25, 0.3) is 0 Å². The lowest BCUT2D eigenvalue weighted by Gasteiger charge is -2.38. The van der Waals surface area contributed by atoms with Crippen molar-refractivity contribution in [2.45, 2.75) is 12.8 Å². The van der Waals surface area contributed by atoms with Crippen LogP contribution >= 0.6 is 0 Å². The number of carbonyl (C=O) groups excluding carboxylic acids is 1. The van der Waals surface area contributed by atoms with E-state index in [-0.39, 0.29) is 11.8 Å². The molecule has 2 aromatic heterocycles. The lowest BCUT2D eigenvalue weighted by atomic mass is 9.96. The lowest BCUT2D eigenvalue weighted by molar-refractivity contribution is -0.137. The van der Waals surface area contributed by atoms with Gasteiger partial charge in [-0.3, -0.25) is 9.78 Å². The molecule has 0 aromatic carbocycles. The van der Waals surface area contributed by atoms with Crippen molar-refractivity contribution in [3.05, 3.63) is 36.7 Å². The minimum absolute atomic E-state index is 0.0889. The number of carbonyl (C=O) groups is 1. The monoisotopic (exact) mass is 430 g/mol. The van der Waals surface area contributed by atoms with Crippen LogP contribution in [0.1, 0.15) is 12.8 Å². The van der Waals surface area contributed by atoms with E-state index in [0.717, 1.165) is 17.1 Å². The molecule has 2 aromatic rings. The first-order valence-corrected chi connectivity index (χ1v) is 12.0. The number of hydrogen-bond acceptors (Lipinski definition) is 7. The fourth-order valence-corrected chi connectivity index (χ4v) is 4.89. The summed E-state index contributed by atoms with van der Waals surface area (Å²) in [5, 5.41) is 8.68. The summed E-state index contributed by atoms with van der Waals surface area (Å²) in [4.78, 5) is 20.9. The second-order valence-electron chi connectivity index (χ2n) is 7.76. The van der Waals surface area contributed by atoms with E-state index >= 15 is 0 Å². The average molecular weight is 431 g/mol. The maximum atomic E-state index is 12.9. The standard InChI is InChI=1S/C20H26N6O3S/c1-30(28,29)26-10-6-17(7-11-26)20(27)25-14-12-24(13-15-25)19-3-2-18(22-23-19)16-4-8-21-9-5-16/h2-5,8-9,17H,6-7,10-15H2,1H3. The van der Waals surface area contributed by atoms with Crippen molar-refractivity contribution in [1.82, 2.24) is 24.4 Å². The molecule has 0 bridgehead atoms. The molecule has 160 valence electrons. The van der Waals surface area contributed by atoms with Gasteiger partial charge in [0.2, 0.25) is 15.9 Å². The van der Waals surface area contributed by atoms with E-state index in [4.69, 9.17) is 0 Å². The van der Waals surface area contributed by atoms with Crippen LogP contribution in [0, 0.1) is 5.92 Å². The maximum Gasteiger partial charge on any atom is 0.225 e. The highest BCUT2D eigenvalue weighted by molar-refractivity contribution is 7.88. The summed E-state index contributed by atoms with van der Waals surface area (Å²) in [5.41, 5.74) is 1.77. The second kappa shape index (κ2) is 8.65. The molecule has 4 heterocycles. The number of sulfonamides is 1. The van der Waals surface area contributed by atoms with E-state index in [1.165, 1.54) is 10.6 Å². The van der Waals surface area contributed by atoms with Gasteiger partial charge in [0.1, 0.15) is 0 Å². The van der Waals surface area contributed by atoms with Crippen molar-refractivity contribution in [2.75, 3.05) is 50.4 Å². The zero-order valence-corrected chi connectivity index (χ0v) is 17.8. The van der Waals surface area contributed by atoms with Crippen LogP contribution < -0.4 is 4.90 Å². The van der Waals surface area contributed by atoms with Gasteiger partial charge in [-0.1, -0.05) is 0 Å². The number of amides is 1. The number of hydrogen-bond donors (Lipinski definition) is 0. The fraction of sp³-hybridized carbons (Fsp3) is 0.500. The van der Waals surface area contributed by atoms with Crippen LogP contribution in [0.25, 0.3) is 11.3 Å².